The maximum Gasteiger partial charge on any atom is 0.329 e. The number of pyridine rings is 1. The Hall–Kier alpha value is -3.33. The lowest BCUT2D eigenvalue weighted by Crippen LogP contribution is -2.53. The third-order valence-corrected chi connectivity index (χ3v) is 12.8. The highest BCUT2D eigenvalue weighted by Crippen LogP contribution is 2.56. The molecule has 3 aromatic rings. The number of aromatic nitrogens is 1. The summed E-state index contributed by atoms with van der Waals surface area (Å²) in [6.45, 7) is 11.2. The Balaban J connectivity index is 1.09. The van der Waals surface area contributed by atoms with Crippen LogP contribution in [0.1, 0.15) is 87.1 Å². The Labute approximate surface area is 308 Å². The molecule has 8 nitrogen and oxygen atoms in total. The summed E-state index contributed by atoms with van der Waals surface area (Å²) in [7, 11) is 2.18. The summed E-state index contributed by atoms with van der Waals surface area (Å²) in [6.07, 6.45) is 9.95. The van der Waals surface area contributed by atoms with Gasteiger partial charge in [0.25, 0.3) is 0 Å². The van der Waals surface area contributed by atoms with E-state index in [0.29, 0.717) is 48.8 Å². The topological polar surface area (TPSA) is 87.2 Å². The lowest BCUT2D eigenvalue weighted by molar-refractivity contribution is -0.144. The number of anilines is 1. The summed E-state index contributed by atoms with van der Waals surface area (Å²) in [5.41, 5.74) is 4.80. The van der Waals surface area contributed by atoms with Crippen molar-refractivity contribution >= 4 is 23.3 Å². The van der Waals surface area contributed by atoms with Crippen LogP contribution in [0.4, 0.5) is 5.69 Å². The zero-order valence-electron chi connectivity index (χ0n) is 30.6. The molecule has 0 amide bonds. The molecule has 1 aliphatic heterocycles. The van der Waals surface area contributed by atoms with Crippen LogP contribution in [0, 0.1) is 11.8 Å². The maximum atomic E-state index is 13.0. The highest BCUT2D eigenvalue weighted by Gasteiger charge is 2.54. The summed E-state index contributed by atoms with van der Waals surface area (Å²) in [5, 5.41) is 14.7. The van der Waals surface area contributed by atoms with Gasteiger partial charge in [-0.2, -0.15) is 0 Å². The van der Waals surface area contributed by atoms with Crippen molar-refractivity contribution in [2.75, 3.05) is 58.3 Å². The van der Waals surface area contributed by atoms with Gasteiger partial charge in [0.15, 0.2) is 0 Å². The van der Waals surface area contributed by atoms with Gasteiger partial charge in [0.1, 0.15) is 23.6 Å². The number of nitrogens with one attached hydrogen (secondary N) is 1. The van der Waals surface area contributed by atoms with E-state index in [1.165, 1.54) is 35.2 Å². The highest BCUT2D eigenvalue weighted by atomic mass is 35.5. The molecular weight excluding hydrogens is 660 g/mol. The van der Waals surface area contributed by atoms with Gasteiger partial charge >= 0.3 is 5.97 Å². The largest absolute Gasteiger partial charge is 0.493 e. The van der Waals surface area contributed by atoms with Crippen molar-refractivity contribution in [1.82, 2.24) is 14.8 Å². The maximum absolute atomic E-state index is 13.0. The predicted molar refractivity (Wildman–Crippen MR) is 204 cm³/mol. The van der Waals surface area contributed by atoms with Crippen LogP contribution >= 0.6 is 11.6 Å². The van der Waals surface area contributed by atoms with E-state index in [9.17, 15) is 9.90 Å². The van der Waals surface area contributed by atoms with E-state index in [4.69, 9.17) is 21.1 Å². The Morgan fingerprint density at radius 3 is 2.65 bits per heavy atom. The molecule has 9 heteroatoms. The van der Waals surface area contributed by atoms with Crippen molar-refractivity contribution in [2.24, 2.45) is 11.8 Å². The van der Waals surface area contributed by atoms with Crippen LogP contribution in [-0.2, 0) is 23.1 Å². The number of ether oxygens (including phenoxy) is 2. The molecule has 2 aromatic carbocycles. The first-order chi connectivity index (χ1) is 24.6. The fourth-order valence-corrected chi connectivity index (χ4v) is 9.72. The standard InChI is InChI=1S/C42H55ClN4O4/c1-29(28-51-38-12-17-44-37-9-4-6-30(2)39(37)38)24-32-25-31-10-11-35(50-23-22-47-20-18-46(3)19-21-47)27-36(31)41(32)13-15-42(16-14-41,40(48)49)45-34-8-5-7-33(43)26-34/h5,7-8,10-12,17,26-27,29-30,32,45H,4,6,9,13-16,18-25,28H2,1-3H3,(H,48,49)/t29-,30+,32+,41?,42?/m1/s1. The van der Waals surface area contributed by atoms with Crippen molar-refractivity contribution < 1.29 is 19.4 Å². The van der Waals surface area contributed by atoms with Gasteiger partial charge in [-0.05, 0) is 136 Å². The van der Waals surface area contributed by atoms with E-state index in [1.54, 1.807) is 0 Å². The van der Waals surface area contributed by atoms with Crippen LogP contribution in [0.2, 0.25) is 5.02 Å². The van der Waals surface area contributed by atoms with E-state index in [2.05, 4.69) is 59.2 Å². The number of carbonyl (C=O) groups is 1. The van der Waals surface area contributed by atoms with Crippen LogP contribution in [0.25, 0.3) is 0 Å². The second kappa shape index (κ2) is 15.3. The average Bonchev–Trinajstić information content (AvgIpc) is 3.40. The number of piperazine rings is 1. The molecule has 2 heterocycles. The Morgan fingerprint density at radius 2 is 1.88 bits per heavy atom. The van der Waals surface area contributed by atoms with Gasteiger partial charge in [-0.15, -0.1) is 0 Å². The first kappa shape index (κ1) is 36.0. The second-order valence-electron chi connectivity index (χ2n) is 16.0. The van der Waals surface area contributed by atoms with Gasteiger partial charge in [-0.3, -0.25) is 9.88 Å². The van der Waals surface area contributed by atoms with Crippen LogP contribution in [0.5, 0.6) is 11.5 Å². The molecule has 0 unspecified atom stereocenters. The first-order valence-corrected chi connectivity index (χ1v) is 19.6. The van der Waals surface area contributed by atoms with Crippen molar-refractivity contribution in [2.45, 2.75) is 88.5 Å². The molecule has 0 bridgehead atoms. The number of nitrogens with zero attached hydrogens (tertiary/aromatic N) is 3. The van der Waals surface area contributed by atoms with Crippen LogP contribution in [0.15, 0.2) is 54.7 Å². The van der Waals surface area contributed by atoms with Crippen molar-refractivity contribution in [3.63, 3.8) is 0 Å². The number of aryl methyl sites for hydroxylation is 1. The van der Waals surface area contributed by atoms with Gasteiger partial charge in [0, 0.05) is 60.9 Å². The molecule has 3 atom stereocenters. The summed E-state index contributed by atoms with van der Waals surface area (Å²) in [5.74, 6) is 2.30. The third-order valence-electron chi connectivity index (χ3n) is 12.5. The quantitative estimate of drug-likeness (QED) is 0.196. The summed E-state index contributed by atoms with van der Waals surface area (Å²) in [6, 6.07) is 16.2. The van der Waals surface area contributed by atoms with Gasteiger partial charge in [-0.1, -0.05) is 37.6 Å². The third kappa shape index (κ3) is 7.74. The van der Waals surface area contributed by atoms with Crippen molar-refractivity contribution in [1.29, 1.82) is 0 Å². The lowest BCUT2D eigenvalue weighted by atomic mass is 9.59. The Bertz CT molecular complexity index is 1680. The normalized spacial score (nSPS) is 27.1. The number of hydrogen-bond acceptors (Lipinski definition) is 7. The number of halogens is 1. The Kier molecular flexibility index (Phi) is 10.8. The molecule has 51 heavy (non-hydrogen) atoms. The van der Waals surface area contributed by atoms with Crippen LogP contribution in [0.3, 0.4) is 0 Å². The van der Waals surface area contributed by atoms with Gasteiger partial charge < -0.3 is 24.8 Å². The zero-order valence-corrected chi connectivity index (χ0v) is 31.4. The zero-order chi connectivity index (χ0) is 35.6. The molecule has 1 saturated carbocycles. The summed E-state index contributed by atoms with van der Waals surface area (Å²) < 4.78 is 13.0. The fraction of sp³-hybridized carbons (Fsp3) is 0.571. The van der Waals surface area contributed by atoms with E-state index in [0.717, 1.165) is 82.0 Å². The number of benzene rings is 2. The molecule has 2 N–H and O–H groups in total. The average molecular weight is 715 g/mol. The van der Waals surface area contributed by atoms with E-state index < -0.39 is 11.5 Å². The molecule has 1 saturated heterocycles. The number of rotatable bonds is 12. The van der Waals surface area contributed by atoms with E-state index >= 15 is 0 Å². The Morgan fingerprint density at radius 1 is 1.08 bits per heavy atom. The molecular formula is C42H55ClN4O4. The minimum Gasteiger partial charge on any atom is -0.493 e. The summed E-state index contributed by atoms with van der Waals surface area (Å²) in [4.78, 5) is 22.5. The number of aliphatic carboxylic acids is 1. The first-order valence-electron chi connectivity index (χ1n) is 19.2. The highest BCUT2D eigenvalue weighted by molar-refractivity contribution is 6.30. The lowest BCUT2D eigenvalue weighted by Gasteiger charge is -2.47. The minimum atomic E-state index is -1.05. The van der Waals surface area contributed by atoms with E-state index in [-0.39, 0.29) is 5.41 Å². The molecule has 1 spiro atoms. The van der Waals surface area contributed by atoms with Crippen LogP contribution in [-0.4, -0.2) is 84.4 Å². The molecule has 4 aliphatic rings. The van der Waals surface area contributed by atoms with Crippen LogP contribution < -0.4 is 14.8 Å². The molecule has 3 aliphatic carbocycles. The van der Waals surface area contributed by atoms with Gasteiger partial charge in [0.05, 0.1) is 6.61 Å². The van der Waals surface area contributed by atoms with Gasteiger partial charge in [0.2, 0.25) is 0 Å². The number of fused-ring (bicyclic) bond motifs is 3. The summed E-state index contributed by atoms with van der Waals surface area (Å²) >= 11 is 6.30. The molecule has 1 aromatic heterocycles. The number of carboxylic acids is 1. The molecule has 2 fully saturated rings. The number of carboxylic acid groups (broad SMARTS) is 1. The van der Waals surface area contributed by atoms with E-state index in [1.807, 2.05) is 36.5 Å². The van der Waals surface area contributed by atoms with Crippen molar-refractivity contribution in [3.05, 3.63) is 82.1 Å². The smallest absolute Gasteiger partial charge is 0.329 e. The van der Waals surface area contributed by atoms with Gasteiger partial charge in [-0.25, -0.2) is 4.79 Å². The molecule has 7 rings (SSSR count). The predicted octanol–water partition coefficient (Wildman–Crippen LogP) is 7.83. The minimum absolute atomic E-state index is 0.125. The number of likely N-dealkylation sites (N-methyl/N-ethyl adjacent to an activating group) is 1. The number of hydrogen-bond donors (Lipinski definition) is 2. The molecule has 274 valence electrons. The molecule has 0 radical (unpaired) electrons. The second-order valence-corrected chi connectivity index (χ2v) is 16.4. The fourth-order valence-electron chi connectivity index (χ4n) is 9.53. The monoisotopic (exact) mass is 714 g/mol. The SMILES string of the molecule is C[C@@H](COc1ccnc2c1[C@@H](C)CCC2)C[C@H]1Cc2ccc(OCCN3CCN(C)CC3)cc2C12CCC(Nc1cccc(Cl)c1)(C(=O)O)CC2. The van der Waals surface area contributed by atoms with Crippen molar-refractivity contribution in [3.8, 4) is 11.5 Å².